The first-order chi connectivity index (χ1) is 11.6. The fraction of sp³-hybridized carbons (Fsp3) is 0.263. The fourth-order valence-electron chi connectivity index (χ4n) is 2.77. The number of nitrogens with one attached hydrogen (secondary N) is 1. The van der Waals surface area contributed by atoms with Gasteiger partial charge in [0.05, 0.1) is 12.5 Å². The zero-order chi connectivity index (χ0) is 16.9. The quantitative estimate of drug-likeness (QED) is 0.873. The van der Waals surface area contributed by atoms with Crippen molar-refractivity contribution in [3.8, 4) is 0 Å². The van der Waals surface area contributed by atoms with Crippen LogP contribution in [-0.2, 0) is 14.3 Å². The molecule has 0 radical (unpaired) electrons. The smallest absolute Gasteiger partial charge is 0.307 e. The highest BCUT2D eigenvalue weighted by Crippen LogP contribution is 2.26. The normalized spacial score (nSPS) is 22.3. The molecule has 1 amide bonds. The highest BCUT2D eigenvalue weighted by atomic mass is 16.5. The molecule has 124 valence electrons. The predicted octanol–water partition coefficient (Wildman–Crippen LogP) is 2.66. The predicted molar refractivity (Wildman–Crippen MR) is 89.9 cm³/mol. The van der Waals surface area contributed by atoms with E-state index in [1.807, 2.05) is 48.6 Å². The number of ether oxygens (including phenoxy) is 1. The molecule has 0 bridgehead atoms. The van der Waals surface area contributed by atoms with E-state index in [-0.39, 0.29) is 18.4 Å². The summed E-state index contributed by atoms with van der Waals surface area (Å²) in [5, 5.41) is 11.7. The number of allylic oxidation sites excluding steroid dienone is 1. The van der Waals surface area contributed by atoms with Gasteiger partial charge in [0.25, 0.3) is 5.91 Å². The van der Waals surface area contributed by atoms with Crippen molar-refractivity contribution in [1.82, 2.24) is 5.32 Å². The van der Waals surface area contributed by atoms with Crippen molar-refractivity contribution >= 4 is 17.6 Å². The van der Waals surface area contributed by atoms with Crippen LogP contribution in [0.2, 0.25) is 0 Å². The van der Waals surface area contributed by atoms with Crippen LogP contribution in [0.1, 0.15) is 24.8 Å². The van der Waals surface area contributed by atoms with Gasteiger partial charge in [-0.1, -0.05) is 48.6 Å². The zero-order valence-corrected chi connectivity index (χ0v) is 13.1. The number of carboxylic acid groups (broad SMARTS) is 1. The standard InChI is InChI=1S/C19H19NO4/c21-18(22)12-13-6-8-15(9-7-13)20-19(23)17-11-10-16(24-17)14-4-2-1-3-5-14/h1-8,10,15,17H,9,11-12H2,(H,20,23)(H,21,22). The number of carbonyl (C=O) groups is 2. The molecule has 1 aliphatic heterocycles. The largest absolute Gasteiger partial charge is 0.481 e. The summed E-state index contributed by atoms with van der Waals surface area (Å²) in [6.45, 7) is 0. The maximum Gasteiger partial charge on any atom is 0.307 e. The Balaban J connectivity index is 1.50. The monoisotopic (exact) mass is 325 g/mol. The van der Waals surface area contributed by atoms with Crippen LogP contribution in [0.3, 0.4) is 0 Å². The lowest BCUT2D eigenvalue weighted by molar-refractivity contribution is -0.136. The van der Waals surface area contributed by atoms with Gasteiger partial charge in [-0.15, -0.1) is 0 Å². The molecule has 1 heterocycles. The van der Waals surface area contributed by atoms with Gasteiger partial charge in [-0.25, -0.2) is 0 Å². The van der Waals surface area contributed by atoms with E-state index < -0.39 is 12.1 Å². The number of benzene rings is 1. The fourth-order valence-corrected chi connectivity index (χ4v) is 2.77. The maximum absolute atomic E-state index is 12.3. The average molecular weight is 325 g/mol. The van der Waals surface area contributed by atoms with Crippen LogP contribution in [0, 0.1) is 0 Å². The summed E-state index contributed by atoms with van der Waals surface area (Å²) in [6, 6.07) is 9.57. The Morgan fingerprint density at radius 1 is 1.17 bits per heavy atom. The van der Waals surface area contributed by atoms with E-state index in [9.17, 15) is 9.59 Å². The number of carbonyl (C=O) groups excluding carboxylic acids is 1. The van der Waals surface area contributed by atoms with E-state index >= 15 is 0 Å². The Kier molecular flexibility index (Phi) is 4.79. The summed E-state index contributed by atoms with van der Waals surface area (Å²) in [7, 11) is 0. The highest BCUT2D eigenvalue weighted by Gasteiger charge is 2.27. The topological polar surface area (TPSA) is 75.6 Å². The minimum atomic E-state index is -0.854. The van der Waals surface area contributed by atoms with Crippen molar-refractivity contribution in [3.63, 3.8) is 0 Å². The van der Waals surface area contributed by atoms with Crippen LogP contribution in [0.25, 0.3) is 5.76 Å². The second-order valence-electron chi connectivity index (χ2n) is 5.84. The second-order valence-corrected chi connectivity index (χ2v) is 5.84. The minimum absolute atomic E-state index is 0.00720. The molecule has 2 aliphatic rings. The van der Waals surface area contributed by atoms with Crippen LogP contribution in [0.4, 0.5) is 0 Å². The average Bonchev–Trinajstić information content (AvgIpc) is 3.07. The summed E-state index contributed by atoms with van der Waals surface area (Å²) in [5.74, 6) is -0.271. The van der Waals surface area contributed by atoms with E-state index in [0.29, 0.717) is 12.8 Å². The molecule has 1 aliphatic carbocycles. The van der Waals surface area contributed by atoms with Crippen molar-refractivity contribution in [2.24, 2.45) is 0 Å². The molecule has 0 fully saturated rings. The molecule has 5 nitrogen and oxygen atoms in total. The molecule has 1 aromatic rings. The molecule has 5 heteroatoms. The Morgan fingerprint density at radius 3 is 2.62 bits per heavy atom. The van der Waals surface area contributed by atoms with Crippen molar-refractivity contribution in [1.29, 1.82) is 0 Å². The molecule has 2 atom stereocenters. The van der Waals surface area contributed by atoms with Gasteiger partial charge < -0.3 is 15.2 Å². The van der Waals surface area contributed by atoms with Crippen molar-refractivity contribution in [2.45, 2.75) is 31.4 Å². The van der Waals surface area contributed by atoms with Crippen LogP contribution in [0.15, 0.2) is 60.2 Å². The van der Waals surface area contributed by atoms with Gasteiger partial charge in [0.1, 0.15) is 5.76 Å². The molecule has 1 aromatic carbocycles. The first kappa shape index (κ1) is 16.1. The molecule has 24 heavy (non-hydrogen) atoms. The number of aliphatic carboxylic acids is 1. The van der Waals surface area contributed by atoms with E-state index in [1.165, 1.54) is 0 Å². The van der Waals surface area contributed by atoms with Crippen LogP contribution < -0.4 is 5.32 Å². The van der Waals surface area contributed by atoms with Crippen molar-refractivity contribution in [2.75, 3.05) is 0 Å². The number of amides is 1. The summed E-state index contributed by atoms with van der Waals surface area (Å²) in [5.41, 5.74) is 1.73. The lowest BCUT2D eigenvalue weighted by atomic mass is 10.0. The van der Waals surface area contributed by atoms with E-state index in [4.69, 9.17) is 9.84 Å². The molecule has 2 unspecified atom stereocenters. The van der Waals surface area contributed by atoms with E-state index in [1.54, 1.807) is 6.08 Å². The summed E-state index contributed by atoms with van der Waals surface area (Å²) in [6.07, 6.45) is 8.00. The first-order valence-corrected chi connectivity index (χ1v) is 7.93. The van der Waals surface area contributed by atoms with Gasteiger partial charge >= 0.3 is 5.97 Å². The molecule has 0 spiro atoms. The Bertz CT molecular complexity index is 718. The second kappa shape index (κ2) is 7.17. The van der Waals surface area contributed by atoms with Gasteiger partial charge in [0.15, 0.2) is 6.10 Å². The van der Waals surface area contributed by atoms with Crippen LogP contribution in [-0.4, -0.2) is 29.1 Å². The molecule has 0 saturated carbocycles. The lowest BCUT2D eigenvalue weighted by Crippen LogP contribution is -2.40. The van der Waals surface area contributed by atoms with Gasteiger partial charge in [0, 0.05) is 12.0 Å². The number of hydrogen-bond donors (Lipinski definition) is 2. The lowest BCUT2D eigenvalue weighted by Gasteiger charge is -2.20. The number of rotatable bonds is 5. The summed E-state index contributed by atoms with van der Waals surface area (Å²) < 4.78 is 5.76. The third-order valence-electron chi connectivity index (χ3n) is 4.00. The first-order valence-electron chi connectivity index (χ1n) is 7.93. The van der Waals surface area contributed by atoms with Crippen molar-refractivity contribution in [3.05, 3.63) is 65.8 Å². The van der Waals surface area contributed by atoms with Gasteiger partial charge in [-0.05, 0) is 18.1 Å². The van der Waals surface area contributed by atoms with Crippen LogP contribution in [0.5, 0.6) is 0 Å². The molecular formula is C19H19NO4. The zero-order valence-electron chi connectivity index (χ0n) is 13.1. The third kappa shape index (κ3) is 3.93. The van der Waals surface area contributed by atoms with Gasteiger partial charge in [-0.2, -0.15) is 0 Å². The number of carboxylic acids is 1. The van der Waals surface area contributed by atoms with E-state index in [0.717, 1.165) is 16.9 Å². The summed E-state index contributed by atoms with van der Waals surface area (Å²) >= 11 is 0. The molecule has 0 saturated heterocycles. The Labute approximate surface area is 140 Å². The highest BCUT2D eigenvalue weighted by molar-refractivity contribution is 5.84. The SMILES string of the molecule is O=C(O)CC1=CCC(NC(=O)C2CC=C(c3ccccc3)O2)C=C1. The Hall–Kier alpha value is -2.82. The molecular weight excluding hydrogens is 306 g/mol. The maximum atomic E-state index is 12.3. The third-order valence-corrected chi connectivity index (χ3v) is 4.00. The van der Waals surface area contributed by atoms with Gasteiger partial charge in [-0.3, -0.25) is 9.59 Å². The van der Waals surface area contributed by atoms with Gasteiger partial charge in [0.2, 0.25) is 0 Å². The van der Waals surface area contributed by atoms with E-state index in [2.05, 4.69) is 5.32 Å². The molecule has 3 rings (SSSR count). The molecule has 0 aromatic heterocycles. The molecule has 2 N–H and O–H groups in total. The minimum Gasteiger partial charge on any atom is -0.481 e. The van der Waals surface area contributed by atoms with Crippen molar-refractivity contribution < 1.29 is 19.4 Å². The Morgan fingerprint density at radius 2 is 1.96 bits per heavy atom. The number of hydrogen-bond acceptors (Lipinski definition) is 3. The summed E-state index contributed by atoms with van der Waals surface area (Å²) in [4.78, 5) is 23.0. The van der Waals surface area contributed by atoms with Crippen LogP contribution >= 0.6 is 0 Å².